The molecule has 1 aromatic heterocycles. The van der Waals surface area contributed by atoms with Crippen LogP contribution in [0.25, 0.3) is 11.0 Å². The molecule has 0 saturated carbocycles. The molecule has 158 valence electrons. The zero-order valence-electron chi connectivity index (χ0n) is 18.1. The quantitative estimate of drug-likeness (QED) is 0.466. The van der Waals surface area contributed by atoms with Gasteiger partial charge in [-0.2, -0.15) is 0 Å². The van der Waals surface area contributed by atoms with E-state index >= 15 is 0 Å². The molecule has 1 heterocycles. The molecule has 0 fully saturated rings. The minimum Gasteiger partial charge on any atom is -0.483 e. The van der Waals surface area contributed by atoms with Gasteiger partial charge in [-0.1, -0.05) is 54.6 Å². The highest BCUT2D eigenvalue weighted by Crippen LogP contribution is 2.26. The van der Waals surface area contributed by atoms with E-state index in [0.717, 1.165) is 33.7 Å². The van der Waals surface area contributed by atoms with Gasteiger partial charge < -0.3 is 14.6 Å². The van der Waals surface area contributed by atoms with Crippen LogP contribution in [0.1, 0.15) is 35.5 Å². The first-order valence-electron chi connectivity index (χ1n) is 10.5. The number of fused-ring (bicyclic) bond motifs is 1. The number of carbonyl (C=O) groups is 1. The molecule has 5 heteroatoms. The fourth-order valence-corrected chi connectivity index (χ4v) is 3.77. The number of hydrogen-bond acceptors (Lipinski definition) is 3. The summed E-state index contributed by atoms with van der Waals surface area (Å²) >= 11 is 0. The summed E-state index contributed by atoms with van der Waals surface area (Å²) in [4.78, 5) is 17.3. The summed E-state index contributed by atoms with van der Waals surface area (Å²) in [5.41, 5.74) is 5.27. The number of ether oxygens (including phenoxy) is 1. The average molecular weight is 414 g/mol. The van der Waals surface area contributed by atoms with Crippen LogP contribution in [0.5, 0.6) is 5.75 Å². The van der Waals surface area contributed by atoms with Crippen molar-refractivity contribution >= 4 is 16.9 Å². The number of nitrogens with zero attached hydrogens (tertiary/aromatic N) is 2. The lowest BCUT2D eigenvalue weighted by atomic mass is 10.1. The molecule has 1 atom stereocenters. The lowest BCUT2D eigenvalue weighted by Crippen LogP contribution is -2.30. The molecule has 1 amide bonds. The minimum atomic E-state index is -0.174. The molecule has 4 rings (SSSR count). The largest absolute Gasteiger partial charge is 0.483 e. The molecular formula is C26H27N3O2. The van der Waals surface area contributed by atoms with Crippen molar-refractivity contribution in [2.24, 2.45) is 0 Å². The zero-order chi connectivity index (χ0) is 21.8. The van der Waals surface area contributed by atoms with Crippen molar-refractivity contribution in [2.45, 2.75) is 33.4 Å². The van der Waals surface area contributed by atoms with Crippen molar-refractivity contribution in [1.82, 2.24) is 14.9 Å². The monoisotopic (exact) mass is 413 g/mol. The van der Waals surface area contributed by atoms with Gasteiger partial charge in [0.05, 0.1) is 23.6 Å². The maximum Gasteiger partial charge on any atom is 0.258 e. The number of imidazole rings is 1. The Balaban J connectivity index is 1.50. The van der Waals surface area contributed by atoms with E-state index in [1.165, 1.54) is 5.56 Å². The van der Waals surface area contributed by atoms with Gasteiger partial charge in [-0.25, -0.2) is 4.98 Å². The summed E-state index contributed by atoms with van der Waals surface area (Å²) in [5, 5.41) is 2.96. The number of para-hydroxylation sites is 2. The van der Waals surface area contributed by atoms with Crippen molar-refractivity contribution in [3.8, 4) is 5.75 Å². The Bertz CT molecular complexity index is 1200. The van der Waals surface area contributed by atoms with E-state index in [2.05, 4.69) is 35.0 Å². The van der Waals surface area contributed by atoms with Crippen LogP contribution in [0.15, 0.2) is 72.8 Å². The number of carbonyl (C=O) groups excluding carboxylic acids is 1. The smallest absolute Gasteiger partial charge is 0.258 e. The van der Waals surface area contributed by atoms with Gasteiger partial charge in [-0.15, -0.1) is 0 Å². The van der Waals surface area contributed by atoms with Crippen molar-refractivity contribution in [3.05, 3.63) is 95.3 Å². The molecule has 0 radical (unpaired) electrons. The van der Waals surface area contributed by atoms with Crippen molar-refractivity contribution in [3.63, 3.8) is 0 Å². The molecule has 0 saturated heterocycles. The van der Waals surface area contributed by atoms with E-state index in [0.29, 0.717) is 6.54 Å². The van der Waals surface area contributed by atoms with Crippen LogP contribution in [0.4, 0.5) is 0 Å². The van der Waals surface area contributed by atoms with Crippen LogP contribution >= 0.6 is 0 Å². The molecule has 3 aromatic carbocycles. The third-order valence-electron chi connectivity index (χ3n) is 5.48. The van der Waals surface area contributed by atoms with Gasteiger partial charge in [-0.05, 0) is 55.7 Å². The van der Waals surface area contributed by atoms with E-state index in [1.54, 1.807) is 0 Å². The Morgan fingerprint density at radius 1 is 1.03 bits per heavy atom. The first-order chi connectivity index (χ1) is 15.0. The zero-order valence-corrected chi connectivity index (χ0v) is 18.1. The van der Waals surface area contributed by atoms with Gasteiger partial charge in [0.25, 0.3) is 5.91 Å². The highest BCUT2D eigenvalue weighted by atomic mass is 16.5. The number of aromatic nitrogens is 2. The average Bonchev–Trinajstić information content (AvgIpc) is 3.16. The molecule has 0 aliphatic rings. The van der Waals surface area contributed by atoms with Crippen LogP contribution in [-0.2, 0) is 11.3 Å². The molecule has 4 aromatic rings. The molecule has 31 heavy (non-hydrogen) atoms. The highest BCUT2D eigenvalue weighted by Gasteiger charge is 2.17. The maximum absolute atomic E-state index is 12.5. The van der Waals surface area contributed by atoms with Crippen molar-refractivity contribution in [2.75, 3.05) is 6.61 Å². The van der Waals surface area contributed by atoms with Gasteiger partial charge in [-0.3, -0.25) is 4.79 Å². The number of benzene rings is 3. The second-order valence-corrected chi connectivity index (χ2v) is 7.81. The number of aryl methyl sites for hydroxylation is 2. The third-order valence-corrected chi connectivity index (χ3v) is 5.48. The minimum absolute atomic E-state index is 0.0290. The van der Waals surface area contributed by atoms with Gasteiger partial charge in [0.15, 0.2) is 6.61 Å². The van der Waals surface area contributed by atoms with Crippen LogP contribution in [0.3, 0.4) is 0 Å². The van der Waals surface area contributed by atoms with Crippen molar-refractivity contribution < 1.29 is 9.53 Å². The van der Waals surface area contributed by atoms with Crippen LogP contribution in [-0.4, -0.2) is 22.1 Å². The molecule has 1 N–H and O–H groups in total. The maximum atomic E-state index is 12.5. The van der Waals surface area contributed by atoms with Crippen molar-refractivity contribution in [1.29, 1.82) is 0 Å². The predicted octanol–water partition coefficient (Wildman–Crippen LogP) is 4.96. The summed E-state index contributed by atoms with van der Waals surface area (Å²) in [6, 6.07) is 24.4. The third kappa shape index (κ3) is 4.61. The standard InChI is InChI=1S/C26H27N3O2/c1-18-13-14-19(2)24(15-18)31-17-26(30)27-16-25-28-22-11-7-8-12-23(22)29(25)20(3)21-9-5-4-6-10-21/h4-15,20H,16-17H2,1-3H3,(H,27,30). The Morgan fingerprint density at radius 3 is 2.58 bits per heavy atom. The van der Waals surface area contributed by atoms with E-state index in [9.17, 15) is 4.79 Å². The van der Waals surface area contributed by atoms with Gasteiger partial charge in [0.1, 0.15) is 11.6 Å². The normalized spacial score (nSPS) is 12.0. The highest BCUT2D eigenvalue weighted by molar-refractivity contribution is 5.78. The van der Waals surface area contributed by atoms with E-state index in [1.807, 2.05) is 68.4 Å². The fourth-order valence-electron chi connectivity index (χ4n) is 3.77. The summed E-state index contributed by atoms with van der Waals surface area (Å²) in [5.74, 6) is 1.38. The van der Waals surface area contributed by atoms with E-state index < -0.39 is 0 Å². The molecule has 0 aliphatic carbocycles. The molecular weight excluding hydrogens is 386 g/mol. The summed E-state index contributed by atoms with van der Waals surface area (Å²) in [6.45, 7) is 6.43. The number of hydrogen-bond donors (Lipinski definition) is 1. The first-order valence-corrected chi connectivity index (χ1v) is 10.5. The number of amides is 1. The topological polar surface area (TPSA) is 56.1 Å². The second-order valence-electron chi connectivity index (χ2n) is 7.81. The molecule has 0 bridgehead atoms. The van der Waals surface area contributed by atoms with Gasteiger partial charge >= 0.3 is 0 Å². The lowest BCUT2D eigenvalue weighted by Gasteiger charge is -2.18. The summed E-state index contributed by atoms with van der Waals surface area (Å²) in [7, 11) is 0. The molecule has 0 aliphatic heterocycles. The molecule has 0 spiro atoms. The lowest BCUT2D eigenvalue weighted by molar-refractivity contribution is -0.123. The van der Waals surface area contributed by atoms with Crippen LogP contribution < -0.4 is 10.1 Å². The number of nitrogens with one attached hydrogen (secondary N) is 1. The SMILES string of the molecule is Cc1ccc(C)c(OCC(=O)NCc2nc3ccccc3n2C(C)c2ccccc2)c1. The molecule has 5 nitrogen and oxygen atoms in total. The van der Waals surface area contributed by atoms with Crippen LogP contribution in [0, 0.1) is 13.8 Å². The van der Waals surface area contributed by atoms with Gasteiger partial charge in [0, 0.05) is 0 Å². The molecule has 1 unspecified atom stereocenters. The Morgan fingerprint density at radius 2 is 1.77 bits per heavy atom. The summed E-state index contributed by atoms with van der Waals surface area (Å²) < 4.78 is 7.93. The van der Waals surface area contributed by atoms with Crippen LogP contribution in [0.2, 0.25) is 0 Å². The Kier molecular flexibility index (Phi) is 6.03. The van der Waals surface area contributed by atoms with Gasteiger partial charge in [0.2, 0.25) is 0 Å². The fraction of sp³-hybridized carbons (Fsp3) is 0.231. The Labute approximate surface area is 182 Å². The van der Waals surface area contributed by atoms with E-state index in [4.69, 9.17) is 9.72 Å². The second kappa shape index (κ2) is 9.04. The Hall–Kier alpha value is -3.60. The first kappa shape index (κ1) is 20.7. The van der Waals surface area contributed by atoms with E-state index in [-0.39, 0.29) is 18.6 Å². The summed E-state index contributed by atoms with van der Waals surface area (Å²) in [6.07, 6.45) is 0. The number of rotatable bonds is 7. The predicted molar refractivity (Wildman–Crippen MR) is 123 cm³/mol.